The number of hydrogen-bond donors (Lipinski definition) is 3. The number of benzene rings is 1. The minimum atomic E-state index is -1.38. The Morgan fingerprint density at radius 3 is 1.62 bits per heavy atom. The molecule has 1 aromatic rings. The largest absolute Gasteiger partial charge is 0.467 e. The second-order valence-corrected chi connectivity index (χ2v) is 11.6. The average Bonchev–Trinajstić information content (AvgIpc) is 3.74. The normalized spacial score (nSPS) is 32.2. The summed E-state index contributed by atoms with van der Waals surface area (Å²) >= 11 is 0. The van der Waals surface area contributed by atoms with Gasteiger partial charge in [-0.05, 0) is 44.1 Å². The molecule has 3 N–H and O–H groups in total. The molecule has 4 rings (SSSR count). The van der Waals surface area contributed by atoms with Crippen LogP contribution in [0, 0.1) is 0 Å². The molecular weight excluding hydrogens is 546 g/mol. The first kappa shape index (κ1) is 31.7. The lowest BCUT2D eigenvalue weighted by atomic mass is 9.88. The zero-order valence-electron chi connectivity index (χ0n) is 24.9. The predicted octanol–water partition coefficient (Wildman–Crippen LogP) is 2.13. The third-order valence-electron chi connectivity index (χ3n) is 9.11. The van der Waals surface area contributed by atoms with E-state index < -0.39 is 40.5 Å². The van der Waals surface area contributed by atoms with Crippen LogP contribution >= 0.6 is 0 Å². The second-order valence-electron chi connectivity index (χ2n) is 11.6. The lowest BCUT2D eigenvalue weighted by Crippen LogP contribution is -2.68. The van der Waals surface area contributed by atoms with Gasteiger partial charge >= 0.3 is 12.1 Å². The van der Waals surface area contributed by atoms with Crippen molar-refractivity contribution in [3.63, 3.8) is 0 Å². The van der Waals surface area contributed by atoms with Crippen molar-refractivity contribution < 1.29 is 42.9 Å². The number of carbonyl (C=O) groups excluding carboxylic acids is 4. The van der Waals surface area contributed by atoms with Gasteiger partial charge in [-0.15, -0.1) is 0 Å². The highest BCUT2D eigenvalue weighted by Crippen LogP contribution is 2.39. The number of ether oxygens (including phenoxy) is 5. The van der Waals surface area contributed by atoms with Gasteiger partial charge in [-0.1, -0.05) is 30.3 Å². The van der Waals surface area contributed by atoms with Gasteiger partial charge in [0.05, 0.1) is 25.4 Å². The molecule has 6 atom stereocenters. The minimum absolute atomic E-state index is 0.0397. The van der Waals surface area contributed by atoms with E-state index in [2.05, 4.69) is 16.0 Å². The standard InChI is InChI=1S/C30H43N3O9/c1-38-21-10-13-28(16-21,24(34)32-30(26(36)41-4)15-12-23(18-30)40-3)31-25(35)29(14-11-22(17-29)39-2)33-27(37)42-19-20-8-6-5-7-9-20/h5-9,21-23H,10-19H2,1-4H3,(H,31,35)(H,32,34)(H,33,37)/t21-,22-,23-,28-,29-,30-/m0/s1. The molecule has 3 saturated carbocycles. The van der Waals surface area contributed by atoms with E-state index in [4.69, 9.17) is 23.7 Å². The maximum absolute atomic E-state index is 14.1. The van der Waals surface area contributed by atoms with Gasteiger partial charge in [0, 0.05) is 40.6 Å². The van der Waals surface area contributed by atoms with Gasteiger partial charge < -0.3 is 39.6 Å². The third-order valence-corrected chi connectivity index (χ3v) is 9.11. The molecule has 3 amide bonds. The zero-order chi connectivity index (χ0) is 30.4. The van der Waals surface area contributed by atoms with Crippen molar-refractivity contribution in [3.05, 3.63) is 35.9 Å². The molecule has 0 aliphatic heterocycles. The van der Waals surface area contributed by atoms with Crippen molar-refractivity contribution in [1.82, 2.24) is 16.0 Å². The van der Waals surface area contributed by atoms with Crippen molar-refractivity contribution in [2.24, 2.45) is 0 Å². The first-order chi connectivity index (χ1) is 20.1. The van der Waals surface area contributed by atoms with Crippen LogP contribution in [0.2, 0.25) is 0 Å². The number of hydrogen-bond acceptors (Lipinski definition) is 9. The molecule has 12 nitrogen and oxygen atoms in total. The molecule has 232 valence electrons. The number of rotatable bonds is 11. The first-order valence-electron chi connectivity index (χ1n) is 14.4. The summed E-state index contributed by atoms with van der Waals surface area (Å²) in [6, 6.07) is 9.22. The zero-order valence-corrected chi connectivity index (χ0v) is 24.9. The Morgan fingerprint density at radius 1 is 0.690 bits per heavy atom. The van der Waals surface area contributed by atoms with Gasteiger partial charge in [0.1, 0.15) is 23.2 Å². The molecule has 0 spiro atoms. The van der Waals surface area contributed by atoms with E-state index in [1.807, 2.05) is 30.3 Å². The maximum atomic E-state index is 14.1. The van der Waals surface area contributed by atoms with Gasteiger partial charge in [-0.25, -0.2) is 9.59 Å². The number of methoxy groups -OCH3 is 4. The van der Waals surface area contributed by atoms with Crippen LogP contribution in [0.4, 0.5) is 4.79 Å². The number of amides is 3. The highest BCUT2D eigenvalue weighted by molar-refractivity contribution is 5.99. The quantitative estimate of drug-likeness (QED) is 0.330. The number of alkyl carbamates (subject to hydrolysis) is 1. The van der Waals surface area contributed by atoms with Gasteiger partial charge in [0.2, 0.25) is 11.8 Å². The minimum Gasteiger partial charge on any atom is -0.467 e. The summed E-state index contributed by atoms with van der Waals surface area (Å²) in [6.45, 7) is 0.0397. The summed E-state index contributed by atoms with van der Waals surface area (Å²) in [6.07, 6.45) is 1.72. The molecule has 0 bridgehead atoms. The Balaban J connectivity index is 1.55. The number of esters is 1. The third kappa shape index (κ3) is 6.71. The molecule has 3 aliphatic carbocycles. The fourth-order valence-corrected chi connectivity index (χ4v) is 6.53. The molecule has 0 radical (unpaired) electrons. The number of carbonyl (C=O) groups is 4. The molecule has 3 aliphatic rings. The van der Waals surface area contributed by atoms with Crippen LogP contribution < -0.4 is 16.0 Å². The second kappa shape index (κ2) is 13.4. The van der Waals surface area contributed by atoms with Crippen LogP contribution in [-0.4, -0.2) is 87.2 Å². The smallest absolute Gasteiger partial charge is 0.408 e. The average molecular weight is 590 g/mol. The fourth-order valence-electron chi connectivity index (χ4n) is 6.53. The first-order valence-corrected chi connectivity index (χ1v) is 14.4. The highest BCUT2D eigenvalue weighted by Gasteiger charge is 2.56. The Kier molecular flexibility index (Phi) is 10.1. The molecule has 12 heteroatoms. The van der Waals surface area contributed by atoms with Crippen molar-refractivity contribution in [1.29, 1.82) is 0 Å². The molecule has 3 fully saturated rings. The van der Waals surface area contributed by atoms with Crippen molar-refractivity contribution in [2.45, 2.75) is 99.3 Å². The molecule has 0 unspecified atom stereocenters. The summed E-state index contributed by atoms with van der Waals surface area (Å²) in [5.41, 5.74) is -3.21. The van der Waals surface area contributed by atoms with E-state index in [9.17, 15) is 19.2 Å². The molecule has 0 heterocycles. The molecule has 0 aromatic heterocycles. The summed E-state index contributed by atoms with van der Waals surface area (Å²) in [5, 5.41) is 8.73. The van der Waals surface area contributed by atoms with Crippen molar-refractivity contribution in [3.8, 4) is 0 Å². The summed E-state index contributed by atoms with van der Waals surface area (Å²) in [7, 11) is 5.96. The van der Waals surface area contributed by atoms with Crippen molar-refractivity contribution in [2.75, 3.05) is 28.4 Å². The van der Waals surface area contributed by atoms with Crippen LogP contribution in [-0.2, 0) is 44.7 Å². The summed E-state index contributed by atoms with van der Waals surface area (Å²) in [5.74, 6) is -1.57. The van der Waals surface area contributed by atoms with Crippen LogP contribution in [0.3, 0.4) is 0 Å². The lowest BCUT2D eigenvalue weighted by Gasteiger charge is -2.38. The monoisotopic (exact) mass is 589 g/mol. The molecule has 0 saturated heterocycles. The summed E-state index contributed by atoms with van der Waals surface area (Å²) < 4.78 is 27.1. The van der Waals surface area contributed by atoms with Crippen LogP contribution in [0.25, 0.3) is 0 Å². The van der Waals surface area contributed by atoms with Gasteiger partial charge in [-0.3, -0.25) is 9.59 Å². The van der Waals surface area contributed by atoms with Crippen LogP contribution in [0.1, 0.15) is 63.4 Å². The Labute approximate surface area is 246 Å². The van der Waals surface area contributed by atoms with Crippen molar-refractivity contribution >= 4 is 23.9 Å². The van der Waals surface area contributed by atoms with E-state index in [1.165, 1.54) is 7.11 Å². The van der Waals surface area contributed by atoms with E-state index in [0.29, 0.717) is 32.1 Å². The van der Waals surface area contributed by atoms with E-state index >= 15 is 0 Å². The van der Waals surface area contributed by atoms with Crippen LogP contribution in [0.15, 0.2) is 30.3 Å². The lowest BCUT2D eigenvalue weighted by molar-refractivity contribution is -0.152. The number of nitrogens with one attached hydrogen (secondary N) is 3. The van der Waals surface area contributed by atoms with Gasteiger partial charge in [0.15, 0.2) is 0 Å². The summed E-state index contributed by atoms with van der Waals surface area (Å²) in [4.78, 5) is 54.1. The SMILES string of the molecule is COC(=O)[C@]1(NC(=O)[C@]2(NC(=O)[C@]3(NC(=O)OCc4ccccc4)CC[C@H](OC)C3)CC[C@H](OC)C2)CC[C@H](OC)C1. The van der Waals surface area contributed by atoms with E-state index in [1.54, 1.807) is 21.3 Å². The van der Waals surface area contributed by atoms with E-state index in [-0.39, 0.29) is 50.6 Å². The fraction of sp³-hybridized carbons (Fsp3) is 0.667. The molecule has 42 heavy (non-hydrogen) atoms. The van der Waals surface area contributed by atoms with Gasteiger partial charge in [-0.2, -0.15) is 0 Å². The molecular formula is C30H43N3O9. The molecule has 1 aromatic carbocycles. The maximum Gasteiger partial charge on any atom is 0.408 e. The Bertz CT molecular complexity index is 1130. The predicted molar refractivity (Wildman–Crippen MR) is 150 cm³/mol. The topological polar surface area (TPSA) is 151 Å². The highest BCUT2D eigenvalue weighted by atomic mass is 16.5. The Hall–Kier alpha value is -3.22. The Morgan fingerprint density at radius 2 is 1.14 bits per heavy atom. The van der Waals surface area contributed by atoms with Gasteiger partial charge in [0.25, 0.3) is 0 Å². The van der Waals surface area contributed by atoms with Crippen LogP contribution in [0.5, 0.6) is 0 Å². The van der Waals surface area contributed by atoms with E-state index in [0.717, 1.165) is 5.56 Å².